The molecule has 0 aliphatic carbocycles. The topological polar surface area (TPSA) is 67.4 Å². The van der Waals surface area contributed by atoms with Gasteiger partial charge in [-0.2, -0.15) is 0 Å². The lowest BCUT2D eigenvalue weighted by Crippen LogP contribution is -2.31. The van der Waals surface area contributed by atoms with Crippen molar-refractivity contribution in [3.63, 3.8) is 0 Å². The highest BCUT2D eigenvalue weighted by Gasteiger charge is 2.12. The Bertz CT molecular complexity index is 716. The summed E-state index contributed by atoms with van der Waals surface area (Å²) in [6, 6.07) is 13.7. The van der Waals surface area contributed by atoms with Crippen molar-refractivity contribution >= 4 is 23.4 Å². The van der Waals surface area contributed by atoms with Crippen molar-refractivity contribution in [2.45, 2.75) is 13.0 Å². The number of nitrogens with one attached hydrogen (secondary N) is 2. The summed E-state index contributed by atoms with van der Waals surface area (Å²) in [5, 5.41) is 5.98. The highest BCUT2D eigenvalue weighted by atomic mass is 35.5. The van der Waals surface area contributed by atoms with E-state index in [0.717, 1.165) is 5.56 Å². The molecular formula is C18H19ClN2O3. The molecule has 0 saturated carbocycles. The van der Waals surface area contributed by atoms with Crippen molar-refractivity contribution in [1.82, 2.24) is 10.6 Å². The number of rotatable bonds is 6. The van der Waals surface area contributed by atoms with Crippen LogP contribution in [0.2, 0.25) is 5.02 Å². The van der Waals surface area contributed by atoms with Crippen LogP contribution in [0.1, 0.15) is 28.9 Å². The van der Waals surface area contributed by atoms with Crippen LogP contribution in [0.5, 0.6) is 5.75 Å². The summed E-state index contributed by atoms with van der Waals surface area (Å²) in [5.74, 6) is 0.0915. The number of benzene rings is 2. The standard InChI is InChI=1S/C18H19ClN2O3/c1-12(15-5-3-4-6-16(15)19)21-17(22)11-24-14-9-7-13(8-10-14)18(23)20-2/h3-10,12H,11H2,1-2H3,(H,20,23)(H,21,22). The van der Waals surface area contributed by atoms with Gasteiger partial charge in [-0.25, -0.2) is 0 Å². The van der Waals surface area contributed by atoms with Gasteiger partial charge in [-0.05, 0) is 42.8 Å². The highest BCUT2D eigenvalue weighted by molar-refractivity contribution is 6.31. The van der Waals surface area contributed by atoms with Gasteiger partial charge in [0.05, 0.1) is 6.04 Å². The molecule has 24 heavy (non-hydrogen) atoms. The molecule has 2 N–H and O–H groups in total. The number of halogens is 1. The molecule has 0 aliphatic heterocycles. The molecule has 6 heteroatoms. The molecule has 2 aromatic carbocycles. The molecule has 0 heterocycles. The Hall–Kier alpha value is -2.53. The van der Waals surface area contributed by atoms with Gasteiger partial charge in [-0.3, -0.25) is 9.59 Å². The smallest absolute Gasteiger partial charge is 0.258 e. The molecular weight excluding hydrogens is 328 g/mol. The van der Waals surface area contributed by atoms with Crippen LogP contribution in [0, 0.1) is 0 Å². The second kappa shape index (κ2) is 8.36. The van der Waals surface area contributed by atoms with E-state index in [1.807, 2.05) is 25.1 Å². The maximum atomic E-state index is 12.0. The van der Waals surface area contributed by atoms with Crippen molar-refractivity contribution in [3.05, 3.63) is 64.7 Å². The predicted molar refractivity (Wildman–Crippen MR) is 93.3 cm³/mol. The fourth-order valence-corrected chi connectivity index (χ4v) is 2.48. The Balaban J connectivity index is 1.87. The zero-order valence-corrected chi connectivity index (χ0v) is 14.3. The first-order chi connectivity index (χ1) is 11.5. The van der Waals surface area contributed by atoms with Crippen molar-refractivity contribution < 1.29 is 14.3 Å². The molecule has 5 nitrogen and oxygen atoms in total. The summed E-state index contributed by atoms with van der Waals surface area (Å²) in [6.45, 7) is 1.74. The quantitative estimate of drug-likeness (QED) is 0.845. The summed E-state index contributed by atoms with van der Waals surface area (Å²) in [4.78, 5) is 23.4. The molecule has 1 unspecified atom stereocenters. The van der Waals surface area contributed by atoms with Gasteiger partial charge < -0.3 is 15.4 Å². The van der Waals surface area contributed by atoms with Crippen LogP contribution in [-0.4, -0.2) is 25.5 Å². The largest absolute Gasteiger partial charge is 0.484 e. The molecule has 2 amide bonds. The number of ether oxygens (including phenoxy) is 1. The van der Waals surface area contributed by atoms with Crippen molar-refractivity contribution in [2.75, 3.05) is 13.7 Å². The average Bonchev–Trinajstić information content (AvgIpc) is 2.60. The summed E-state index contributed by atoms with van der Waals surface area (Å²) >= 11 is 6.11. The normalized spacial score (nSPS) is 11.5. The first-order valence-electron chi connectivity index (χ1n) is 7.50. The number of amides is 2. The molecule has 0 spiro atoms. The van der Waals surface area contributed by atoms with E-state index in [0.29, 0.717) is 16.3 Å². The van der Waals surface area contributed by atoms with Crippen LogP contribution < -0.4 is 15.4 Å². The summed E-state index contributed by atoms with van der Waals surface area (Å²) in [5.41, 5.74) is 1.38. The van der Waals surface area contributed by atoms with Gasteiger partial charge in [-0.1, -0.05) is 29.8 Å². The highest BCUT2D eigenvalue weighted by Crippen LogP contribution is 2.22. The molecule has 0 bridgehead atoms. The van der Waals surface area contributed by atoms with Gasteiger partial charge in [0.15, 0.2) is 6.61 Å². The molecule has 0 radical (unpaired) electrons. The van der Waals surface area contributed by atoms with Crippen LogP contribution in [0.3, 0.4) is 0 Å². The van der Waals surface area contributed by atoms with Crippen LogP contribution in [0.25, 0.3) is 0 Å². The Kier molecular flexibility index (Phi) is 6.21. The average molecular weight is 347 g/mol. The Labute approximate surface area is 146 Å². The van der Waals surface area contributed by atoms with E-state index in [4.69, 9.17) is 16.3 Å². The molecule has 0 aliphatic rings. The number of hydrogen-bond acceptors (Lipinski definition) is 3. The van der Waals surface area contributed by atoms with Crippen LogP contribution >= 0.6 is 11.6 Å². The first-order valence-corrected chi connectivity index (χ1v) is 7.87. The Morgan fingerprint density at radius 2 is 1.79 bits per heavy atom. The van der Waals surface area contributed by atoms with E-state index in [2.05, 4.69) is 10.6 Å². The Morgan fingerprint density at radius 1 is 1.12 bits per heavy atom. The molecule has 0 saturated heterocycles. The van der Waals surface area contributed by atoms with Crippen molar-refractivity contribution in [1.29, 1.82) is 0 Å². The predicted octanol–water partition coefficient (Wildman–Crippen LogP) is 2.96. The van der Waals surface area contributed by atoms with E-state index >= 15 is 0 Å². The van der Waals surface area contributed by atoms with Gasteiger partial charge in [0.2, 0.25) is 0 Å². The van der Waals surface area contributed by atoms with E-state index in [9.17, 15) is 9.59 Å². The van der Waals surface area contributed by atoms with E-state index < -0.39 is 0 Å². The monoisotopic (exact) mass is 346 g/mol. The van der Waals surface area contributed by atoms with E-state index in [-0.39, 0.29) is 24.5 Å². The third-order valence-corrected chi connectivity index (χ3v) is 3.81. The molecule has 1 atom stereocenters. The number of carbonyl (C=O) groups excluding carboxylic acids is 2. The van der Waals surface area contributed by atoms with Crippen LogP contribution in [-0.2, 0) is 4.79 Å². The van der Waals surface area contributed by atoms with Crippen molar-refractivity contribution in [2.24, 2.45) is 0 Å². The minimum absolute atomic E-state index is 0.117. The number of hydrogen-bond donors (Lipinski definition) is 2. The Morgan fingerprint density at radius 3 is 2.42 bits per heavy atom. The second-order valence-corrected chi connectivity index (χ2v) is 5.61. The molecule has 0 aromatic heterocycles. The lowest BCUT2D eigenvalue weighted by molar-refractivity contribution is -0.123. The molecule has 2 rings (SSSR count). The summed E-state index contributed by atoms with van der Waals surface area (Å²) in [7, 11) is 1.57. The lowest BCUT2D eigenvalue weighted by Gasteiger charge is -2.16. The fourth-order valence-electron chi connectivity index (χ4n) is 2.18. The van der Waals surface area contributed by atoms with Gasteiger partial charge in [-0.15, -0.1) is 0 Å². The van der Waals surface area contributed by atoms with Gasteiger partial charge in [0.1, 0.15) is 5.75 Å². The van der Waals surface area contributed by atoms with E-state index in [1.54, 1.807) is 37.4 Å². The van der Waals surface area contributed by atoms with Crippen LogP contribution in [0.4, 0.5) is 0 Å². The zero-order chi connectivity index (χ0) is 17.5. The maximum absolute atomic E-state index is 12.0. The lowest BCUT2D eigenvalue weighted by atomic mass is 10.1. The van der Waals surface area contributed by atoms with Crippen molar-refractivity contribution in [3.8, 4) is 5.75 Å². The summed E-state index contributed by atoms with van der Waals surface area (Å²) in [6.07, 6.45) is 0. The van der Waals surface area contributed by atoms with Gasteiger partial charge in [0.25, 0.3) is 11.8 Å². The molecule has 0 fully saturated rings. The minimum atomic E-state index is -0.252. The summed E-state index contributed by atoms with van der Waals surface area (Å²) < 4.78 is 5.43. The van der Waals surface area contributed by atoms with Crippen LogP contribution in [0.15, 0.2) is 48.5 Å². The fraction of sp³-hybridized carbons (Fsp3) is 0.222. The van der Waals surface area contributed by atoms with E-state index in [1.165, 1.54) is 0 Å². The third kappa shape index (κ3) is 4.73. The van der Waals surface area contributed by atoms with Gasteiger partial charge >= 0.3 is 0 Å². The number of carbonyl (C=O) groups is 2. The SMILES string of the molecule is CNC(=O)c1ccc(OCC(=O)NC(C)c2ccccc2Cl)cc1. The minimum Gasteiger partial charge on any atom is -0.484 e. The maximum Gasteiger partial charge on any atom is 0.258 e. The molecule has 126 valence electrons. The molecule has 2 aromatic rings. The van der Waals surface area contributed by atoms with Gasteiger partial charge in [0, 0.05) is 17.6 Å². The second-order valence-electron chi connectivity index (χ2n) is 5.20. The first kappa shape index (κ1) is 17.8. The third-order valence-electron chi connectivity index (χ3n) is 3.46. The zero-order valence-electron chi connectivity index (χ0n) is 13.5.